The molecule has 2 fully saturated rings. The Bertz CT molecular complexity index is 646. The van der Waals surface area contributed by atoms with Crippen molar-refractivity contribution in [1.29, 1.82) is 0 Å². The average molecular weight is 289 g/mol. The third-order valence-electron chi connectivity index (χ3n) is 4.71. The largest absolute Gasteiger partial charge is 0.366 e. The second kappa shape index (κ2) is 4.53. The molecule has 4 rings (SSSR count). The Hall–Kier alpha value is -1.95. The van der Waals surface area contributed by atoms with Gasteiger partial charge in [0.25, 0.3) is 11.7 Å². The van der Waals surface area contributed by atoms with Gasteiger partial charge in [-0.25, -0.2) is 4.39 Å². The first-order valence-corrected chi connectivity index (χ1v) is 7.32. The zero-order valence-corrected chi connectivity index (χ0v) is 11.6. The lowest BCUT2D eigenvalue weighted by atomic mass is 10.1. The van der Waals surface area contributed by atoms with Crippen molar-refractivity contribution in [2.45, 2.75) is 18.9 Å². The molecule has 1 aromatic rings. The molecule has 0 aromatic heterocycles. The van der Waals surface area contributed by atoms with Crippen LogP contribution < -0.4 is 10.2 Å². The smallest absolute Gasteiger partial charge is 0.296 e. The van der Waals surface area contributed by atoms with Gasteiger partial charge in [0.15, 0.2) is 0 Å². The molecule has 2 saturated heterocycles. The Labute approximate surface area is 121 Å². The quantitative estimate of drug-likeness (QED) is 0.791. The van der Waals surface area contributed by atoms with E-state index in [1.165, 1.54) is 12.5 Å². The highest BCUT2D eigenvalue weighted by Crippen LogP contribution is 2.33. The van der Waals surface area contributed by atoms with Crippen LogP contribution in [-0.2, 0) is 4.79 Å². The summed E-state index contributed by atoms with van der Waals surface area (Å²) in [5, 5.41) is 2.51. The number of halogens is 1. The van der Waals surface area contributed by atoms with E-state index in [1.807, 2.05) is 4.90 Å². The summed E-state index contributed by atoms with van der Waals surface area (Å²) in [6, 6.07) is 3.27. The van der Waals surface area contributed by atoms with Crippen LogP contribution in [0, 0.1) is 5.82 Å². The molecule has 0 bridgehead atoms. The van der Waals surface area contributed by atoms with Crippen molar-refractivity contribution in [2.24, 2.45) is 0 Å². The predicted molar refractivity (Wildman–Crippen MR) is 76.2 cm³/mol. The molecule has 0 spiro atoms. The molecule has 0 radical (unpaired) electrons. The van der Waals surface area contributed by atoms with Crippen LogP contribution in [0.2, 0.25) is 0 Å². The summed E-state index contributed by atoms with van der Waals surface area (Å²) in [4.78, 5) is 27.4. The maximum Gasteiger partial charge on any atom is 0.296 e. The maximum absolute atomic E-state index is 14.3. The lowest BCUT2D eigenvalue weighted by Gasteiger charge is -2.39. The molecule has 3 aliphatic rings. The minimum atomic E-state index is -0.679. The first-order valence-electron chi connectivity index (χ1n) is 7.32. The van der Waals surface area contributed by atoms with Gasteiger partial charge in [-0.05, 0) is 31.5 Å². The monoisotopic (exact) mass is 289 g/mol. The minimum Gasteiger partial charge on any atom is -0.366 e. The van der Waals surface area contributed by atoms with E-state index in [0.717, 1.165) is 32.6 Å². The summed E-state index contributed by atoms with van der Waals surface area (Å²) in [6.07, 6.45) is 2.36. The van der Waals surface area contributed by atoms with E-state index >= 15 is 0 Å². The number of amides is 1. The van der Waals surface area contributed by atoms with Crippen LogP contribution in [0.25, 0.3) is 0 Å². The minimum absolute atomic E-state index is 0.140. The molecule has 3 heterocycles. The third kappa shape index (κ3) is 1.93. The van der Waals surface area contributed by atoms with Crippen LogP contribution in [0.5, 0.6) is 0 Å². The van der Waals surface area contributed by atoms with E-state index in [2.05, 4.69) is 10.2 Å². The fourth-order valence-corrected chi connectivity index (χ4v) is 3.61. The van der Waals surface area contributed by atoms with Gasteiger partial charge in [-0.15, -0.1) is 0 Å². The van der Waals surface area contributed by atoms with Crippen LogP contribution in [-0.4, -0.2) is 48.8 Å². The van der Waals surface area contributed by atoms with Gasteiger partial charge in [0, 0.05) is 25.7 Å². The number of Topliss-reactive ketones (excluding diaryl/α,β-unsaturated/α-hetero) is 1. The normalized spacial score (nSPS) is 25.0. The van der Waals surface area contributed by atoms with Gasteiger partial charge in [-0.2, -0.15) is 0 Å². The van der Waals surface area contributed by atoms with Gasteiger partial charge in [-0.3, -0.25) is 14.5 Å². The Balaban J connectivity index is 1.65. The zero-order valence-electron chi connectivity index (χ0n) is 11.6. The molecule has 1 unspecified atom stereocenters. The summed E-state index contributed by atoms with van der Waals surface area (Å²) < 4.78 is 14.3. The first-order chi connectivity index (χ1) is 10.1. The Kier molecular flexibility index (Phi) is 2.75. The molecule has 1 N–H and O–H groups in total. The number of rotatable bonds is 1. The van der Waals surface area contributed by atoms with Gasteiger partial charge < -0.3 is 10.2 Å². The number of nitrogens with zero attached hydrogens (tertiary/aromatic N) is 2. The number of carbonyl (C=O) groups is 2. The second-order valence-electron chi connectivity index (χ2n) is 5.91. The Morgan fingerprint density at radius 3 is 2.90 bits per heavy atom. The molecule has 1 aromatic carbocycles. The number of piperazine rings is 1. The summed E-state index contributed by atoms with van der Waals surface area (Å²) in [5.74, 6) is -1.76. The lowest BCUT2D eigenvalue weighted by molar-refractivity contribution is -0.112. The van der Waals surface area contributed by atoms with Gasteiger partial charge in [0.1, 0.15) is 5.82 Å². The number of anilines is 2. The van der Waals surface area contributed by atoms with Crippen molar-refractivity contribution in [3.05, 3.63) is 23.5 Å². The van der Waals surface area contributed by atoms with Crippen LogP contribution in [0.1, 0.15) is 23.2 Å². The highest BCUT2D eigenvalue weighted by atomic mass is 19.1. The molecule has 1 atom stereocenters. The van der Waals surface area contributed by atoms with Gasteiger partial charge in [0.05, 0.1) is 16.9 Å². The number of benzene rings is 1. The predicted octanol–water partition coefficient (Wildman–Crippen LogP) is 1.24. The fraction of sp³-hybridized carbons (Fsp3) is 0.467. The van der Waals surface area contributed by atoms with Crippen molar-refractivity contribution in [3.8, 4) is 0 Å². The summed E-state index contributed by atoms with van der Waals surface area (Å²) in [6.45, 7) is 3.65. The van der Waals surface area contributed by atoms with E-state index in [4.69, 9.17) is 0 Å². The van der Waals surface area contributed by atoms with Crippen LogP contribution in [0.4, 0.5) is 15.8 Å². The van der Waals surface area contributed by atoms with Gasteiger partial charge in [-0.1, -0.05) is 0 Å². The zero-order chi connectivity index (χ0) is 14.6. The number of ketones is 1. The van der Waals surface area contributed by atoms with E-state index in [9.17, 15) is 14.0 Å². The Morgan fingerprint density at radius 1 is 1.19 bits per heavy atom. The average Bonchev–Trinajstić information content (AvgIpc) is 3.04. The highest BCUT2D eigenvalue weighted by molar-refractivity contribution is 6.51. The van der Waals surface area contributed by atoms with Crippen molar-refractivity contribution in [2.75, 3.05) is 36.4 Å². The fourth-order valence-electron chi connectivity index (χ4n) is 3.61. The van der Waals surface area contributed by atoms with E-state index in [1.54, 1.807) is 6.07 Å². The summed E-state index contributed by atoms with van der Waals surface area (Å²) in [7, 11) is 0. The van der Waals surface area contributed by atoms with Crippen LogP contribution >= 0.6 is 0 Å². The standard InChI is InChI=1S/C15H16FN3O2/c16-11-6-10-12(17-15(21)14(10)20)7-13(11)19-5-4-18-3-1-2-9(18)8-19/h6-7,9H,1-5,8H2,(H,17,20,21). The third-order valence-corrected chi connectivity index (χ3v) is 4.71. The molecule has 0 aliphatic carbocycles. The molecule has 3 aliphatic heterocycles. The summed E-state index contributed by atoms with van der Waals surface area (Å²) >= 11 is 0. The van der Waals surface area contributed by atoms with E-state index in [0.29, 0.717) is 17.4 Å². The molecular formula is C15H16FN3O2. The molecule has 21 heavy (non-hydrogen) atoms. The molecular weight excluding hydrogens is 273 g/mol. The van der Waals surface area contributed by atoms with Crippen molar-refractivity contribution in [1.82, 2.24) is 4.90 Å². The van der Waals surface area contributed by atoms with Gasteiger partial charge >= 0.3 is 0 Å². The Morgan fingerprint density at radius 2 is 2.05 bits per heavy atom. The van der Waals surface area contributed by atoms with Crippen molar-refractivity contribution >= 4 is 23.1 Å². The topological polar surface area (TPSA) is 52.7 Å². The maximum atomic E-state index is 14.3. The number of fused-ring (bicyclic) bond motifs is 2. The second-order valence-corrected chi connectivity index (χ2v) is 5.91. The van der Waals surface area contributed by atoms with E-state index < -0.39 is 17.5 Å². The van der Waals surface area contributed by atoms with Gasteiger partial charge in [0.2, 0.25) is 0 Å². The molecule has 0 saturated carbocycles. The number of hydrogen-bond acceptors (Lipinski definition) is 4. The first kappa shape index (κ1) is 12.8. The number of carbonyl (C=O) groups excluding carboxylic acids is 2. The lowest BCUT2D eigenvalue weighted by Crippen LogP contribution is -2.50. The number of nitrogens with one attached hydrogen (secondary N) is 1. The molecule has 1 amide bonds. The van der Waals surface area contributed by atoms with Crippen molar-refractivity contribution < 1.29 is 14.0 Å². The SMILES string of the molecule is O=C1Nc2cc(N3CCN4CCCC4C3)c(F)cc2C1=O. The summed E-state index contributed by atoms with van der Waals surface area (Å²) in [5.41, 5.74) is 1.05. The van der Waals surface area contributed by atoms with Crippen molar-refractivity contribution in [3.63, 3.8) is 0 Å². The molecule has 5 nitrogen and oxygen atoms in total. The van der Waals surface area contributed by atoms with E-state index in [-0.39, 0.29) is 5.56 Å². The van der Waals surface area contributed by atoms with Crippen LogP contribution in [0.15, 0.2) is 12.1 Å². The molecule has 110 valence electrons. The van der Waals surface area contributed by atoms with Crippen LogP contribution in [0.3, 0.4) is 0 Å². The number of hydrogen-bond donors (Lipinski definition) is 1. The molecule has 6 heteroatoms. The highest BCUT2D eigenvalue weighted by Gasteiger charge is 2.34.